The van der Waals surface area contributed by atoms with Crippen molar-refractivity contribution >= 4 is 15.7 Å². The van der Waals surface area contributed by atoms with Crippen molar-refractivity contribution in [2.45, 2.75) is 18.4 Å². The van der Waals surface area contributed by atoms with Crippen molar-refractivity contribution in [3.8, 4) is 0 Å². The van der Waals surface area contributed by atoms with Crippen LogP contribution in [0.1, 0.15) is 21.8 Å². The maximum Gasteiger partial charge on any atom is 0.253 e. The van der Waals surface area contributed by atoms with Crippen molar-refractivity contribution in [2.75, 3.05) is 32.4 Å². The second kappa shape index (κ2) is 6.97. The summed E-state index contributed by atoms with van der Waals surface area (Å²) in [5.74, 6) is 0.679. The number of hydrogen-bond acceptors (Lipinski definition) is 6. The highest BCUT2D eigenvalue weighted by atomic mass is 32.2. The first-order valence-electron chi connectivity index (χ1n) is 8.07. The van der Waals surface area contributed by atoms with Gasteiger partial charge in [-0.05, 0) is 25.1 Å². The molecule has 25 heavy (non-hydrogen) atoms. The van der Waals surface area contributed by atoms with Crippen LogP contribution in [-0.2, 0) is 16.4 Å². The number of nitrogens with zero attached hydrogens (tertiary/aromatic N) is 3. The second-order valence-electron chi connectivity index (χ2n) is 6.30. The monoisotopic (exact) mass is 363 g/mol. The number of aromatic nitrogens is 1. The van der Waals surface area contributed by atoms with Crippen molar-refractivity contribution in [1.82, 2.24) is 15.0 Å². The minimum absolute atomic E-state index is 0.138. The van der Waals surface area contributed by atoms with Gasteiger partial charge in [0.15, 0.2) is 15.6 Å². The number of aryl methyl sites for hydroxylation is 1. The molecule has 0 atom stereocenters. The van der Waals surface area contributed by atoms with E-state index in [0.717, 1.165) is 30.8 Å². The maximum atomic E-state index is 12.6. The molecule has 1 aromatic carbocycles. The highest BCUT2D eigenvalue weighted by Gasteiger charge is 2.23. The van der Waals surface area contributed by atoms with Gasteiger partial charge in [0.2, 0.25) is 0 Å². The lowest BCUT2D eigenvalue weighted by Crippen LogP contribution is -2.48. The van der Waals surface area contributed by atoms with Crippen LogP contribution in [0, 0.1) is 6.92 Å². The molecule has 8 heteroatoms. The Labute approximate surface area is 147 Å². The Morgan fingerprint density at radius 1 is 1.20 bits per heavy atom. The van der Waals surface area contributed by atoms with Gasteiger partial charge in [0.1, 0.15) is 0 Å². The fraction of sp³-hybridized carbons (Fsp3) is 0.412. The first-order chi connectivity index (χ1) is 11.8. The van der Waals surface area contributed by atoms with Crippen LogP contribution in [0.2, 0.25) is 0 Å². The molecule has 2 heterocycles. The molecule has 0 N–H and O–H groups in total. The van der Waals surface area contributed by atoms with E-state index in [4.69, 9.17) is 4.52 Å². The molecule has 0 bridgehead atoms. The van der Waals surface area contributed by atoms with E-state index < -0.39 is 9.84 Å². The van der Waals surface area contributed by atoms with E-state index in [-0.39, 0.29) is 10.8 Å². The first kappa shape index (κ1) is 17.6. The lowest BCUT2D eigenvalue weighted by Gasteiger charge is -2.34. The molecule has 1 fully saturated rings. The van der Waals surface area contributed by atoms with Gasteiger partial charge in [-0.1, -0.05) is 11.2 Å². The number of sulfone groups is 1. The normalized spacial score (nSPS) is 16.2. The Bertz CT molecular complexity index is 868. The zero-order chi connectivity index (χ0) is 18.0. The average Bonchev–Trinajstić information content (AvgIpc) is 2.99. The van der Waals surface area contributed by atoms with Crippen LogP contribution >= 0.6 is 0 Å². The van der Waals surface area contributed by atoms with E-state index in [1.54, 1.807) is 17.0 Å². The van der Waals surface area contributed by atoms with Crippen molar-refractivity contribution in [3.63, 3.8) is 0 Å². The molecule has 0 spiro atoms. The molecule has 1 aliphatic rings. The quantitative estimate of drug-likeness (QED) is 0.815. The molecule has 2 aromatic rings. The first-order valence-corrected chi connectivity index (χ1v) is 9.96. The van der Waals surface area contributed by atoms with E-state index in [9.17, 15) is 13.2 Å². The fourth-order valence-corrected chi connectivity index (χ4v) is 3.53. The Hall–Kier alpha value is -2.19. The van der Waals surface area contributed by atoms with Gasteiger partial charge in [-0.25, -0.2) is 8.42 Å². The van der Waals surface area contributed by atoms with Crippen molar-refractivity contribution in [2.24, 2.45) is 0 Å². The van der Waals surface area contributed by atoms with Gasteiger partial charge in [0, 0.05) is 44.1 Å². The molecule has 134 valence electrons. The lowest BCUT2D eigenvalue weighted by atomic mass is 10.2. The van der Waals surface area contributed by atoms with Crippen LogP contribution in [0.5, 0.6) is 0 Å². The molecule has 1 amide bonds. The van der Waals surface area contributed by atoms with E-state index >= 15 is 0 Å². The second-order valence-corrected chi connectivity index (χ2v) is 8.32. The third-order valence-corrected chi connectivity index (χ3v) is 5.34. The molecule has 1 aliphatic heterocycles. The summed E-state index contributed by atoms with van der Waals surface area (Å²) >= 11 is 0. The predicted molar refractivity (Wildman–Crippen MR) is 92.0 cm³/mol. The largest absolute Gasteiger partial charge is 0.360 e. The SMILES string of the molecule is Cc1cc(CN2CCN(C(=O)c3cccc(S(C)(=O)=O)c3)CC2)on1. The number of carbonyl (C=O) groups excluding carboxylic acids is 1. The van der Waals surface area contributed by atoms with E-state index in [1.807, 2.05) is 13.0 Å². The summed E-state index contributed by atoms with van der Waals surface area (Å²) in [6, 6.07) is 8.12. The number of rotatable bonds is 4. The Morgan fingerprint density at radius 2 is 1.92 bits per heavy atom. The molecule has 1 aromatic heterocycles. The summed E-state index contributed by atoms with van der Waals surface area (Å²) in [5, 5.41) is 3.88. The minimum atomic E-state index is -3.33. The third kappa shape index (κ3) is 4.26. The number of amides is 1. The Kier molecular flexibility index (Phi) is 4.91. The number of carbonyl (C=O) groups is 1. The number of hydrogen-bond donors (Lipinski definition) is 0. The summed E-state index contributed by atoms with van der Waals surface area (Å²) in [7, 11) is -3.33. The third-order valence-electron chi connectivity index (χ3n) is 4.22. The number of piperazine rings is 1. The lowest BCUT2D eigenvalue weighted by molar-refractivity contribution is 0.0617. The minimum Gasteiger partial charge on any atom is -0.360 e. The van der Waals surface area contributed by atoms with Crippen LogP contribution < -0.4 is 0 Å². The summed E-state index contributed by atoms with van der Waals surface area (Å²) in [6.07, 6.45) is 1.14. The van der Waals surface area contributed by atoms with Crippen molar-refractivity contribution < 1.29 is 17.7 Å². The molecule has 3 rings (SSSR count). The molecule has 0 saturated carbocycles. The Morgan fingerprint density at radius 3 is 2.52 bits per heavy atom. The van der Waals surface area contributed by atoms with Crippen LogP contribution in [-0.4, -0.2) is 61.7 Å². The molecule has 0 radical (unpaired) electrons. The Balaban J connectivity index is 1.62. The van der Waals surface area contributed by atoms with Crippen molar-refractivity contribution in [1.29, 1.82) is 0 Å². The zero-order valence-electron chi connectivity index (χ0n) is 14.3. The molecule has 7 nitrogen and oxygen atoms in total. The molecular formula is C17H21N3O4S. The maximum absolute atomic E-state index is 12.6. The predicted octanol–water partition coefficient (Wildman–Crippen LogP) is 1.34. The van der Waals surface area contributed by atoms with Crippen LogP contribution in [0.25, 0.3) is 0 Å². The molecule has 0 aliphatic carbocycles. The fourth-order valence-electron chi connectivity index (χ4n) is 2.86. The topological polar surface area (TPSA) is 83.7 Å². The molecule has 0 unspecified atom stereocenters. The van der Waals surface area contributed by atoms with Crippen LogP contribution in [0.15, 0.2) is 39.8 Å². The van der Waals surface area contributed by atoms with E-state index in [2.05, 4.69) is 10.1 Å². The zero-order valence-corrected chi connectivity index (χ0v) is 15.1. The van der Waals surface area contributed by atoms with Gasteiger partial charge in [0.25, 0.3) is 5.91 Å². The van der Waals surface area contributed by atoms with Crippen molar-refractivity contribution in [3.05, 3.63) is 47.3 Å². The van der Waals surface area contributed by atoms with Gasteiger partial charge >= 0.3 is 0 Å². The summed E-state index contributed by atoms with van der Waals surface area (Å²) in [4.78, 5) is 16.8. The number of benzene rings is 1. The van der Waals surface area contributed by atoms with Gasteiger partial charge in [-0.15, -0.1) is 0 Å². The summed E-state index contributed by atoms with van der Waals surface area (Å²) < 4.78 is 28.5. The molecule has 1 saturated heterocycles. The summed E-state index contributed by atoms with van der Waals surface area (Å²) in [5.41, 5.74) is 1.26. The van der Waals surface area contributed by atoms with Gasteiger partial charge < -0.3 is 9.42 Å². The standard InChI is InChI=1S/C17H21N3O4S/c1-13-10-15(24-18-13)12-19-6-8-20(9-7-19)17(21)14-4-3-5-16(11-14)25(2,22)23/h3-5,10-11H,6-9,12H2,1-2H3. The van der Waals surface area contributed by atoms with Crippen LogP contribution in [0.4, 0.5) is 0 Å². The van der Waals surface area contributed by atoms with E-state index in [0.29, 0.717) is 25.2 Å². The van der Waals surface area contributed by atoms with Gasteiger partial charge in [-0.3, -0.25) is 9.69 Å². The summed E-state index contributed by atoms with van der Waals surface area (Å²) in [6.45, 7) is 5.21. The van der Waals surface area contributed by atoms with Crippen LogP contribution in [0.3, 0.4) is 0 Å². The van der Waals surface area contributed by atoms with Gasteiger partial charge in [-0.2, -0.15) is 0 Å². The van der Waals surface area contributed by atoms with Gasteiger partial charge in [0.05, 0.1) is 17.1 Å². The van der Waals surface area contributed by atoms with E-state index in [1.165, 1.54) is 12.1 Å². The highest BCUT2D eigenvalue weighted by Crippen LogP contribution is 2.15. The smallest absolute Gasteiger partial charge is 0.253 e. The molecular weight excluding hydrogens is 342 g/mol. The highest BCUT2D eigenvalue weighted by molar-refractivity contribution is 7.90. The average molecular weight is 363 g/mol.